The Hall–Kier alpha value is -2.80. The van der Waals surface area contributed by atoms with E-state index in [1.165, 1.54) is 0 Å². The molecule has 0 aromatic heterocycles. The molecule has 7 heteroatoms. The summed E-state index contributed by atoms with van der Waals surface area (Å²) in [7, 11) is 9.75. The van der Waals surface area contributed by atoms with Gasteiger partial charge >= 0.3 is 0 Å². The predicted octanol–water partition coefficient (Wildman–Crippen LogP) is 3.79. The summed E-state index contributed by atoms with van der Waals surface area (Å²) in [6, 6.07) is 8.04. The van der Waals surface area contributed by atoms with Gasteiger partial charge in [-0.15, -0.1) is 0 Å². The highest BCUT2D eigenvalue weighted by Crippen LogP contribution is 2.41. The third-order valence-electron chi connectivity index (χ3n) is 5.78. The van der Waals surface area contributed by atoms with Gasteiger partial charge in [0, 0.05) is 0 Å². The highest BCUT2D eigenvalue weighted by atomic mass is 16.5. The van der Waals surface area contributed by atoms with Gasteiger partial charge in [-0.05, 0) is 60.1 Å². The van der Waals surface area contributed by atoms with E-state index in [0.717, 1.165) is 24.0 Å². The van der Waals surface area contributed by atoms with Gasteiger partial charge < -0.3 is 33.2 Å². The molecule has 0 aliphatic carbocycles. The fraction of sp³-hybridized carbons (Fsp3) is 0.500. The van der Waals surface area contributed by atoms with Crippen LogP contribution in [0, 0.1) is 11.8 Å². The summed E-state index contributed by atoms with van der Waals surface area (Å²) in [5.74, 6) is 4.59. The number of ether oxygens (including phenoxy) is 7. The van der Waals surface area contributed by atoms with Crippen LogP contribution in [0.2, 0.25) is 0 Å². The molecule has 0 saturated carbocycles. The fourth-order valence-electron chi connectivity index (χ4n) is 4.21. The summed E-state index contributed by atoms with van der Waals surface area (Å²) in [5.41, 5.74) is 2.25. The van der Waals surface area contributed by atoms with E-state index in [1.54, 1.807) is 42.7 Å². The molecule has 1 aliphatic heterocycles. The van der Waals surface area contributed by atoms with E-state index in [2.05, 4.69) is 0 Å². The van der Waals surface area contributed by atoms with Gasteiger partial charge in [-0.1, -0.05) is 0 Å². The first-order valence-corrected chi connectivity index (χ1v) is 10.2. The summed E-state index contributed by atoms with van der Waals surface area (Å²) in [6.45, 7) is 1.43. The molecule has 170 valence electrons. The largest absolute Gasteiger partial charge is 0.493 e. The molecule has 0 unspecified atom stereocenters. The Bertz CT molecular complexity index is 759. The molecule has 1 aliphatic rings. The predicted molar refractivity (Wildman–Crippen MR) is 117 cm³/mol. The van der Waals surface area contributed by atoms with Gasteiger partial charge in [-0.25, -0.2) is 0 Å². The van der Waals surface area contributed by atoms with Gasteiger partial charge in [-0.2, -0.15) is 0 Å². The Balaban J connectivity index is 1.81. The Kier molecular flexibility index (Phi) is 7.74. The lowest BCUT2D eigenvalue weighted by atomic mass is 9.85. The topological polar surface area (TPSA) is 64.6 Å². The Morgan fingerprint density at radius 1 is 0.581 bits per heavy atom. The molecule has 0 radical (unpaired) electrons. The number of hydrogen-bond donors (Lipinski definition) is 0. The first-order valence-electron chi connectivity index (χ1n) is 10.2. The van der Waals surface area contributed by atoms with Crippen LogP contribution >= 0.6 is 0 Å². The molecule has 0 bridgehead atoms. The molecule has 2 aromatic carbocycles. The molecule has 1 saturated heterocycles. The van der Waals surface area contributed by atoms with E-state index in [0.29, 0.717) is 59.5 Å². The van der Waals surface area contributed by atoms with E-state index < -0.39 is 0 Å². The monoisotopic (exact) mass is 432 g/mol. The Labute approximate surface area is 184 Å². The average Bonchev–Trinajstić information content (AvgIpc) is 3.23. The highest BCUT2D eigenvalue weighted by molar-refractivity contribution is 5.55. The van der Waals surface area contributed by atoms with Crippen LogP contribution in [0.4, 0.5) is 0 Å². The molecular weight excluding hydrogens is 400 g/mol. The minimum Gasteiger partial charge on any atom is -0.493 e. The van der Waals surface area contributed by atoms with Crippen LogP contribution in [-0.4, -0.2) is 55.9 Å². The van der Waals surface area contributed by atoms with Gasteiger partial charge in [0.2, 0.25) is 11.5 Å². The van der Waals surface area contributed by atoms with Crippen molar-refractivity contribution >= 4 is 0 Å². The van der Waals surface area contributed by atoms with Crippen LogP contribution in [0.1, 0.15) is 11.1 Å². The van der Waals surface area contributed by atoms with Crippen LogP contribution in [0.5, 0.6) is 34.5 Å². The van der Waals surface area contributed by atoms with E-state index in [9.17, 15) is 0 Å². The summed E-state index contributed by atoms with van der Waals surface area (Å²) in [6.07, 6.45) is 1.71. The number of methoxy groups -OCH3 is 6. The third kappa shape index (κ3) is 4.93. The molecule has 2 aromatic rings. The van der Waals surface area contributed by atoms with Gasteiger partial charge in [0.25, 0.3) is 0 Å². The van der Waals surface area contributed by atoms with Gasteiger partial charge in [0.1, 0.15) is 0 Å². The summed E-state index contributed by atoms with van der Waals surface area (Å²) < 4.78 is 38.7. The number of benzene rings is 2. The van der Waals surface area contributed by atoms with Crippen molar-refractivity contribution in [3.8, 4) is 34.5 Å². The molecule has 1 heterocycles. The fourth-order valence-corrected chi connectivity index (χ4v) is 4.21. The van der Waals surface area contributed by atoms with Crippen molar-refractivity contribution in [3.63, 3.8) is 0 Å². The minimum absolute atomic E-state index is 0.363. The van der Waals surface area contributed by atoms with E-state index in [4.69, 9.17) is 33.2 Å². The second-order valence-electron chi connectivity index (χ2n) is 7.53. The third-order valence-corrected chi connectivity index (χ3v) is 5.78. The zero-order chi connectivity index (χ0) is 22.4. The van der Waals surface area contributed by atoms with E-state index in [-0.39, 0.29) is 0 Å². The van der Waals surface area contributed by atoms with Crippen molar-refractivity contribution in [1.82, 2.24) is 0 Å². The molecular formula is C24H32O7. The van der Waals surface area contributed by atoms with Crippen molar-refractivity contribution in [2.75, 3.05) is 55.9 Å². The lowest BCUT2D eigenvalue weighted by Gasteiger charge is -2.21. The molecule has 2 atom stereocenters. The molecule has 1 fully saturated rings. The zero-order valence-corrected chi connectivity index (χ0v) is 19.2. The maximum atomic E-state index is 5.86. The quantitative estimate of drug-likeness (QED) is 0.566. The maximum absolute atomic E-state index is 5.86. The van der Waals surface area contributed by atoms with Crippen LogP contribution < -0.4 is 28.4 Å². The molecule has 0 N–H and O–H groups in total. The number of rotatable bonds is 10. The second-order valence-corrected chi connectivity index (χ2v) is 7.53. The van der Waals surface area contributed by atoms with Crippen molar-refractivity contribution in [1.29, 1.82) is 0 Å². The molecule has 31 heavy (non-hydrogen) atoms. The molecule has 0 amide bonds. The van der Waals surface area contributed by atoms with Crippen LogP contribution in [0.3, 0.4) is 0 Å². The molecule has 0 spiro atoms. The van der Waals surface area contributed by atoms with Crippen molar-refractivity contribution < 1.29 is 33.2 Å². The van der Waals surface area contributed by atoms with Crippen molar-refractivity contribution in [2.24, 2.45) is 11.8 Å². The summed E-state index contributed by atoms with van der Waals surface area (Å²) in [5, 5.41) is 0. The first-order chi connectivity index (χ1) is 15.1. The first kappa shape index (κ1) is 22.9. The smallest absolute Gasteiger partial charge is 0.203 e. The van der Waals surface area contributed by atoms with Crippen molar-refractivity contribution in [3.05, 3.63) is 35.4 Å². The Morgan fingerprint density at radius 2 is 0.903 bits per heavy atom. The summed E-state index contributed by atoms with van der Waals surface area (Å²) in [4.78, 5) is 0. The lowest BCUT2D eigenvalue weighted by Crippen LogP contribution is -2.18. The van der Waals surface area contributed by atoms with E-state index >= 15 is 0 Å². The van der Waals surface area contributed by atoms with Crippen LogP contribution in [0.25, 0.3) is 0 Å². The van der Waals surface area contributed by atoms with Gasteiger partial charge in [0.15, 0.2) is 23.0 Å². The minimum atomic E-state index is 0.363. The lowest BCUT2D eigenvalue weighted by molar-refractivity contribution is 0.180. The molecule has 3 rings (SSSR count). The summed E-state index contributed by atoms with van der Waals surface area (Å²) >= 11 is 0. The second kappa shape index (κ2) is 10.5. The average molecular weight is 433 g/mol. The SMILES string of the molecule is COc1cc(C[C@@H]2COC[C@H]2Cc2cc(OC)c(OC)c(OC)c2)cc(OC)c1OC. The number of hydrogen-bond acceptors (Lipinski definition) is 7. The standard InChI is InChI=1S/C24H32O7/c1-25-19-9-15(10-20(26-2)23(19)29-5)7-17-13-31-14-18(17)8-16-11-21(27-3)24(30-6)22(12-16)28-4/h9-12,17-18H,7-8,13-14H2,1-6H3/t17-,18-/m1/s1. The maximum Gasteiger partial charge on any atom is 0.203 e. The normalized spacial score (nSPS) is 17.9. The Morgan fingerprint density at radius 3 is 1.16 bits per heavy atom. The van der Waals surface area contributed by atoms with Crippen LogP contribution in [-0.2, 0) is 17.6 Å². The van der Waals surface area contributed by atoms with Gasteiger partial charge in [-0.3, -0.25) is 0 Å². The highest BCUT2D eigenvalue weighted by Gasteiger charge is 2.30. The van der Waals surface area contributed by atoms with E-state index in [1.807, 2.05) is 24.3 Å². The molecule has 7 nitrogen and oxygen atoms in total. The van der Waals surface area contributed by atoms with Crippen LogP contribution in [0.15, 0.2) is 24.3 Å². The van der Waals surface area contributed by atoms with Crippen molar-refractivity contribution in [2.45, 2.75) is 12.8 Å². The van der Waals surface area contributed by atoms with Gasteiger partial charge in [0.05, 0.1) is 55.9 Å². The zero-order valence-electron chi connectivity index (χ0n) is 19.2.